The standard InChI is InChI=1S/C17H25FN2O4S/c1-11(2)15(16(21)19-22)17(25(23)24)20-9-7-12(8-10-20)13-5-3-4-6-14(13)18/h3-6,11-12,15,17,22H,7-10H2,1-2H3,(H,19,21)(H,23,24). The summed E-state index contributed by atoms with van der Waals surface area (Å²) in [6.07, 6.45) is 1.28. The number of nitrogens with one attached hydrogen (secondary N) is 1. The molecule has 0 aromatic heterocycles. The van der Waals surface area contributed by atoms with Crippen molar-refractivity contribution in [3.05, 3.63) is 35.6 Å². The first-order valence-corrected chi connectivity index (χ1v) is 9.55. The lowest BCUT2D eigenvalue weighted by Crippen LogP contribution is -2.52. The number of amides is 1. The summed E-state index contributed by atoms with van der Waals surface area (Å²) >= 11 is -2.25. The Labute approximate surface area is 149 Å². The zero-order valence-corrected chi connectivity index (χ0v) is 15.2. The van der Waals surface area contributed by atoms with Crippen LogP contribution in [-0.4, -0.2) is 43.2 Å². The van der Waals surface area contributed by atoms with Gasteiger partial charge in [0.15, 0.2) is 11.1 Å². The van der Waals surface area contributed by atoms with Gasteiger partial charge in [0.2, 0.25) is 5.91 Å². The molecule has 1 fully saturated rings. The second-order valence-corrected chi connectivity index (χ2v) is 7.78. The molecule has 0 spiro atoms. The van der Waals surface area contributed by atoms with Gasteiger partial charge in [0.1, 0.15) is 11.2 Å². The van der Waals surface area contributed by atoms with E-state index < -0.39 is 28.3 Å². The second kappa shape index (κ2) is 8.84. The van der Waals surface area contributed by atoms with E-state index in [1.165, 1.54) is 6.07 Å². The Balaban J connectivity index is 2.14. The van der Waals surface area contributed by atoms with Crippen LogP contribution in [-0.2, 0) is 15.9 Å². The molecule has 3 atom stereocenters. The van der Waals surface area contributed by atoms with E-state index in [0.29, 0.717) is 31.5 Å². The molecule has 1 amide bonds. The molecule has 1 aliphatic rings. The molecule has 0 radical (unpaired) electrons. The molecule has 6 nitrogen and oxygen atoms in total. The van der Waals surface area contributed by atoms with Crippen LogP contribution in [0.5, 0.6) is 0 Å². The van der Waals surface area contributed by atoms with Crippen LogP contribution in [0.3, 0.4) is 0 Å². The minimum atomic E-state index is -2.25. The van der Waals surface area contributed by atoms with Crippen molar-refractivity contribution in [2.45, 2.75) is 38.0 Å². The Morgan fingerprint density at radius 3 is 2.40 bits per heavy atom. The SMILES string of the molecule is CC(C)C(C(=O)NO)C(N1CCC(c2ccccc2F)CC1)S(=O)O. The fraction of sp³-hybridized carbons (Fsp3) is 0.588. The number of hydrogen-bond donors (Lipinski definition) is 3. The number of carbonyl (C=O) groups is 1. The zero-order chi connectivity index (χ0) is 18.6. The highest BCUT2D eigenvalue weighted by atomic mass is 32.2. The highest BCUT2D eigenvalue weighted by Crippen LogP contribution is 2.33. The van der Waals surface area contributed by atoms with Gasteiger partial charge < -0.3 is 4.55 Å². The third-order valence-corrected chi connectivity index (χ3v) is 5.88. The van der Waals surface area contributed by atoms with E-state index in [-0.39, 0.29) is 17.7 Å². The van der Waals surface area contributed by atoms with E-state index in [0.717, 1.165) is 0 Å². The lowest BCUT2D eigenvalue weighted by atomic mass is 9.87. The van der Waals surface area contributed by atoms with Crippen LogP contribution in [0.4, 0.5) is 4.39 Å². The Morgan fingerprint density at radius 2 is 1.92 bits per heavy atom. The average molecular weight is 372 g/mol. The van der Waals surface area contributed by atoms with E-state index in [2.05, 4.69) is 0 Å². The lowest BCUT2D eigenvalue weighted by Gasteiger charge is -2.39. The average Bonchev–Trinajstić information content (AvgIpc) is 2.59. The minimum Gasteiger partial charge on any atom is -0.305 e. The van der Waals surface area contributed by atoms with Crippen molar-refractivity contribution < 1.29 is 23.2 Å². The van der Waals surface area contributed by atoms with Crippen molar-refractivity contribution in [1.82, 2.24) is 10.4 Å². The summed E-state index contributed by atoms with van der Waals surface area (Å²) < 4.78 is 35.6. The van der Waals surface area contributed by atoms with Gasteiger partial charge in [0.05, 0.1) is 5.92 Å². The number of carbonyl (C=O) groups excluding carboxylic acids is 1. The summed E-state index contributed by atoms with van der Waals surface area (Å²) in [6.45, 7) is 4.51. The first-order chi connectivity index (χ1) is 11.9. The van der Waals surface area contributed by atoms with E-state index in [4.69, 9.17) is 5.21 Å². The summed E-state index contributed by atoms with van der Waals surface area (Å²) in [7, 11) is 0. The van der Waals surface area contributed by atoms with E-state index in [9.17, 15) is 17.9 Å². The summed E-state index contributed by atoms with van der Waals surface area (Å²) in [6, 6.07) is 6.66. The van der Waals surface area contributed by atoms with Gasteiger partial charge >= 0.3 is 0 Å². The van der Waals surface area contributed by atoms with Crippen LogP contribution in [0.15, 0.2) is 24.3 Å². The number of rotatable bonds is 6. The summed E-state index contributed by atoms with van der Waals surface area (Å²) in [4.78, 5) is 13.8. The van der Waals surface area contributed by atoms with Crippen molar-refractivity contribution in [3.63, 3.8) is 0 Å². The predicted molar refractivity (Wildman–Crippen MR) is 92.8 cm³/mol. The third kappa shape index (κ3) is 4.63. The number of nitrogens with zero attached hydrogens (tertiary/aromatic N) is 1. The zero-order valence-electron chi connectivity index (χ0n) is 14.4. The maximum absolute atomic E-state index is 14.0. The maximum Gasteiger partial charge on any atom is 0.249 e. The van der Waals surface area contributed by atoms with Crippen LogP contribution < -0.4 is 5.48 Å². The van der Waals surface area contributed by atoms with Gasteiger partial charge in [-0.3, -0.25) is 14.9 Å². The van der Waals surface area contributed by atoms with Gasteiger partial charge in [-0.15, -0.1) is 0 Å². The largest absolute Gasteiger partial charge is 0.305 e. The molecule has 3 N–H and O–H groups in total. The van der Waals surface area contributed by atoms with Gasteiger partial charge in [-0.1, -0.05) is 32.0 Å². The Morgan fingerprint density at radius 1 is 1.32 bits per heavy atom. The summed E-state index contributed by atoms with van der Waals surface area (Å²) in [5, 5.41) is 8.06. The Hall–Kier alpha value is -1.35. The topological polar surface area (TPSA) is 89.9 Å². The van der Waals surface area contributed by atoms with Crippen LogP contribution in [0, 0.1) is 17.7 Å². The van der Waals surface area contributed by atoms with Crippen molar-refractivity contribution in [1.29, 1.82) is 0 Å². The van der Waals surface area contributed by atoms with Crippen molar-refractivity contribution >= 4 is 17.0 Å². The lowest BCUT2D eigenvalue weighted by molar-refractivity contribution is -0.136. The van der Waals surface area contributed by atoms with E-state index in [1.54, 1.807) is 42.4 Å². The molecule has 140 valence electrons. The smallest absolute Gasteiger partial charge is 0.249 e. The molecule has 8 heteroatoms. The molecule has 0 aliphatic carbocycles. The highest BCUT2D eigenvalue weighted by molar-refractivity contribution is 7.79. The number of benzene rings is 1. The van der Waals surface area contributed by atoms with Crippen molar-refractivity contribution in [2.75, 3.05) is 13.1 Å². The van der Waals surface area contributed by atoms with Crippen LogP contribution in [0.2, 0.25) is 0 Å². The molecule has 1 saturated heterocycles. The number of piperidine rings is 1. The molecule has 3 unspecified atom stereocenters. The number of halogens is 1. The van der Waals surface area contributed by atoms with Gasteiger partial charge in [-0.05, 0) is 49.4 Å². The minimum absolute atomic E-state index is 0.0504. The van der Waals surface area contributed by atoms with E-state index in [1.807, 2.05) is 0 Å². The van der Waals surface area contributed by atoms with E-state index >= 15 is 0 Å². The van der Waals surface area contributed by atoms with Crippen LogP contribution in [0.1, 0.15) is 38.2 Å². The van der Waals surface area contributed by atoms with Crippen molar-refractivity contribution in [3.8, 4) is 0 Å². The van der Waals surface area contributed by atoms with Gasteiger partial charge in [-0.25, -0.2) is 14.1 Å². The molecule has 0 saturated carbocycles. The molecule has 0 bridgehead atoms. The fourth-order valence-corrected chi connectivity index (χ4v) is 4.74. The second-order valence-electron chi connectivity index (χ2n) is 6.74. The molecule has 1 aromatic carbocycles. The molecule has 1 heterocycles. The highest BCUT2D eigenvalue weighted by Gasteiger charge is 2.40. The number of hydroxylamine groups is 1. The van der Waals surface area contributed by atoms with Gasteiger partial charge in [0.25, 0.3) is 0 Å². The molecule has 25 heavy (non-hydrogen) atoms. The van der Waals surface area contributed by atoms with Gasteiger partial charge in [0, 0.05) is 0 Å². The monoisotopic (exact) mass is 372 g/mol. The van der Waals surface area contributed by atoms with Crippen LogP contribution in [0.25, 0.3) is 0 Å². The van der Waals surface area contributed by atoms with Gasteiger partial charge in [-0.2, -0.15) is 0 Å². The number of likely N-dealkylation sites (tertiary alicyclic amines) is 1. The Bertz CT molecular complexity index is 620. The molecule has 1 aromatic rings. The molecular weight excluding hydrogens is 347 g/mol. The third-order valence-electron chi connectivity index (χ3n) is 4.88. The molecular formula is C17H25FN2O4S. The first kappa shape index (κ1) is 20.0. The van der Waals surface area contributed by atoms with Crippen molar-refractivity contribution in [2.24, 2.45) is 11.8 Å². The fourth-order valence-electron chi connectivity index (χ4n) is 3.59. The maximum atomic E-state index is 14.0. The normalized spacial score (nSPS) is 20.2. The summed E-state index contributed by atoms with van der Waals surface area (Å²) in [5.74, 6) is -1.89. The first-order valence-electron chi connectivity index (χ1n) is 8.38. The Kier molecular flexibility index (Phi) is 7.06. The summed E-state index contributed by atoms with van der Waals surface area (Å²) in [5.41, 5.74) is 2.27. The van der Waals surface area contributed by atoms with Crippen LogP contribution >= 0.6 is 0 Å². The quantitative estimate of drug-likeness (QED) is 0.405. The predicted octanol–water partition coefficient (Wildman–Crippen LogP) is 2.33. The molecule has 2 rings (SSSR count). The molecule has 1 aliphatic heterocycles. The number of hydrogen-bond acceptors (Lipinski definition) is 4.